The van der Waals surface area contributed by atoms with Gasteiger partial charge in [-0.3, -0.25) is 4.79 Å². The predicted octanol–water partition coefficient (Wildman–Crippen LogP) is 4.01. The van der Waals surface area contributed by atoms with E-state index in [1.807, 2.05) is 31.2 Å². The quantitative estimate of drug-likeness (QED) is 0.232. The molecule has 1 amide bonds. The first kappa shape index (κ1) is 21.5. The average Bonchev–Trinajstić information content (AvgIpc) is 2.70. The van der Waals surface area contributed by atoms with E-state index in [9.17, 15) is 9.59 Å². The summed E-state index contributed by atoms with van der Waals surface area (Å²) in [5.41, 5.74) is 1.63. The number of ether oxygens (including phenoxy) is 1. The number of aryl methyl sites for hydroxylation is 1. The fourth-order valence-corrected chi connectivity index (χ4v) is 3.01. The van der Waals surface area contributed by atoms with Crippen LogP contribution in [0.3, 0.4) is 0 Å². The number of carbonyl (C=O) groups excluding carboxylic acids is 2. The lowest BCUT2D eigenvalue weighted by Gasteiger charge is -2.06. The summed E-state index contributed by atoms with van der Waals surface area (Å²) in [4.78, 5) is 24.8. The number of hydrogen-bond acceptors (Lipinski definition) is 5. The van der Waals surface area contributed by atoms with Crippen molar-refractivity contribution in [1.82, 2.24) is 5.32 Å². The molecule has 0 saturated carbocycles. The molecule has 0 bridgehead atoms. The average molecular weight is 415 g/mol. The van der Waals surface area contributed by atoms with Gasteiger partial charge in [0.1, 0.15) is 11.6 Å². The number of benzene rings is 2. The minimum atomic E-state index is -0.825. The molecule has 7 heteroatoms. The lowest BCUT2D eigenvalue weighted by molar-refractivity contribution is -0.144. The van der Waals surface area contributed by atoms with E-state index in [0.717, 1.165) is 10.5 Å². The topological polar surface area (TPSA) is 79.2 Å². The van der Waals surface area contributed by atoms with Crippen LogP contribution < -0.4 is 5.32 Å². The lowest BCUT2D eigenvalue weighted by Crippen LogP contribution is -2.30. The third kappa shape index (κ3) is 7.47. The van der Waals surface area contributed by atoms with Crippen LogP contribution >= 0.6 is 23.4 Å². The van der Waals surface area contributed by atoms with Gasteiger partial charge in [0.15, 0.2) is 6.61 Å². The van der Waals surface area contributed by atoms with E-state index in [4.69, 9.17) is 21.6 Å². The maximum Gasteiger partial charge on any atom is 0.349 e. The van der Waals surface area contributed by atoms with Crippen LogP contribution in [0, 0.1) is 18.3 Å². The third-order valence-electron chi connectivity index (χ3n) is 3.57. The van der Waals surface area contributed by atoms with Crippen LogP contribution in [0.1, 0.15) is 11.1 Å². The van der Waals surface area contributed by atoms with Crippen molar-refractivity contribution in [3.8, 4) is 6.07 Å². The maximum atomic E-state index is 12.0. The van der Waals surface area contributed by atoms with Gasteiger partial charge in [-0.15, -0.1) is 11.8 Å². The third-order valence-corrected chi connectivity index (χ3v) is 4.84. The molecule has 0 saturated heterocycles. The number of rotatable bonds is 8. The molecule has 0 aromatic heterocycles. The van der Waals surface area contributed by atoms with E-state index in [0.29, 0.717) is 22.9 Å². The van der Waals surface area contributed by atoms with E-state index >= 15 is 0 Å². The molecule has 0 heterocycles. The van der Waals surface area contributed by atoms with E-state index in [2.05, 4.69) is 5.32 Å². The Hall–Kier alpha value is -2.75. The summed E-state index contributed by atoms with van der Waals surface area (Å²) >= 11 is 7.40. The standard InChI is InChI=1S/C21H19ClN2O3S/c1-15-2-4-16(5-3-15)12-17(13-23)21(26)27-14-20(25)24-10-11-28-19-8-6-18(22)7-9-19/h2-9,12H,10-11,14H2,1H3,(H,24,25)/b17-12+. The molecule has 0 spiro atoms. The molecule has 144 valence electrons. The fourth-order valence-electron chi connectivity index (χ4n) is 2.12. The van der Waals surface area contributed by atoms with Crippen molar-refractivity contribution >= 4 is 41.3 Å². The highest BCUT2D eigenvalue weighted by Gasteiger charge is 2.13. The number of thioether (sulfide) groups is 1. The molecule has 0 aliphatic carbocycles. The van der Waals surface area contributed by atoms with Crippen molar-refractivity contribution in [3.63, 3.8) is 0 Å². The van der Waals surface area contributed by atoms with Crippen molar-refractivity contribution in [1.29, 1.82) is 5.26 Å². The van der Waals surface area contributed by atoms with Crippen molar-refractivity contribution in [2.45, 2.75) is 11.8 Å². The van der Waals surface area contributed by atoms with Gasteiger partial charge in [-0.2, -0.15) is 5.26 Å². The summed E-state index contributed by atoms with van der Waals surface area (Å²) in [7, 11) is 0. The molecule has 0 fully saturated rings. The Labute approximate surface area is 173 Å². The van der Waals surface area contributed by atoms with Crippen molar-refractivity contribution in [2.75, 3.05) is 18.9 Å². The smallest absolute Gasteiger partial charge is 0.349 e. The van der Waals surface area contributed by atoms with Gasteiger partial charge in [0.25, 0.3) is 5.91 Å². The second-order valence-corrected chi connectivity index (χ2v) is 7.41. The number of amides is 1. The highest BCUT2D eigenvalue weighted by molar-refractivity contribution is 7.99. The molecule has 28 heavy (non-hydrogen) atoms. The molecule has 0 atom stereocenters. The molecule has 0 unspecified atom stereocenters. The molecule has 2 rings (SSSR count). The summed E-state index contributed by atoms with van der Waals surface area (Å²) in [6.07, 6.45) is 1.43. The maximum absolute atomic E-state index is 12.0. The summed E-state index contributed by atoms with van der Waals surface area (Å²) in [6.45, 7) is 1.94. The molecular formula is C21H19ClN2O3S. The van der Waals surface area contributed by atoms with Gasteiger partial charge in [0.05, 0.1) is 0 Å². The predicted molar refractivity (Wildman–Crippen MR) is 111 cm³/mol. The van der Waals surface area contributed by atoms with Crippen LogP contribution in [-0.4, -0.2) is 30.8 Å². The molecule has 0 aliphatic heterocycles. The molecule has 0 aliphatic rings. The number of nitrogens with zero attached hydrogens (tertiary/aromatic N) is 1. The summed E-state index contributed by atoms with van der Waals surface area (Å²) < 4.78 is 4.92. The number of nitrogens with one attached hydrogen (secondary N) is 1. The number of nitriles is 1. The van der Waals surface area contributed by atoms with E-state index in [-0.39, 0.29) is 5.57 Å². The van der Waals surface area contributed by atoms with Gasteiger partial charge < -0.3 is 10.1 Å². The summed E-state index contributed by atoms with van der Waals surface area (Å²) in [6, 6.07) is 16.6. The van der Waals surface area contributed by atoms with Crippen molar-refractivity contribution in [2.24, 2.45) is 0 Å². The second kappa shape index (κ2) is 11.2. The number of esters is 1. The van der Waals surface area contributed by atoms with Gasteiger partial charge >= 0.3 is 5.97 Å². The van der Waals surface area contributed by atoms with E-state index in [1.165, 1.54) is 6.08 Å². The monoisotopic (exact) mass is 414 g/mol. The van der Waals surface area contributed by atoms with Gasteiger partial charge in [0.2, 0.25) is 0 Å². The van der Waals surface area contributed by atoms with Gasteiger partial charge in [0, 0.05) is 22.2 Å². The number of halogens is 1. The van der Waals surface area contributed by atoms with E-state index < -0.39 is 18.5 Å². The minimum absolute atomic E-state index is 0.157. The lowest BCUT2D eigenvalue weighted by atomic mass is 10.1. The van der Waals surface area contributed by atoms with Crippen LogP contribution in [0.2, 0.25) is 5.02 Å². The van der Waals surface area contributed by atoms with Crippen molar-refractivity contribution in [3.05, 3.63) is 70.3 Å². The normalized spacial score (nSPS) is 10.8. The Morgan fingerprint density at radius 2 is 1.86 bits per heavy atom. The zero-order chi connectivity index (χ0) is 20.4. The first-order valence-corrected chi connectivity index (χ1v) is 9.85. The molecule has 5 nitrogen and oxygen atoms in total. The van der Waals surface area contributed by atoms with Crippen LogP contribution in [-0.2, 0) is 14.3 Å². The Kier molecular flexibility index (Phi) is 8.60. The first-order chi connectivity index (χ1) is 13.5. The van der Waals surface area contributed by atoms with Crippen LogP contribution in [0.4, 0.5) is 0 Å². The van der Waals surface area contributed by atoms with Crippen LogP contribution in [0.15, 0.2) is 59.0 Å². The zero-order valence-electron chi connectivity index (χ0n) is 15.3. The second-order valence-electron chi connectivity index (χ2n) is 5.81. The van der Waals surface area contributed by atoms with Gasteiger partial charge in [-0.05, 0) is 42.8 Å². The van der Waals surface area contributed by atoms with Gasteiger partial charge in [-0.25, -0.2) is 4.79 Å². The SMILES string of the molecule is Cc1ccc(/C=C(\C#N)C(=O)OCC(=O)NCCSc2ccc(Cl)cc2)cc1. The number of hydrogen-bond donors (Lipinski definition) is 1. The molecule has 2 aromatic carbocycles. The Bertz CT molecular complexity index is 887. The van der Waals surface area contributed by atoms with Crippen molar-refractivity contribution < 1.29 is 14.3 Å². The van der Waals surface area contributed by atoms with Gasteiger partial charge in [-0.1, -0.05) is 41.4 Å². The molecule has 2 aromatic rings. The minimum Gasteiger partial charge on any atom is -0.451 e. The molecular weight excluding hydrogens is 396 g/mol. The highest BCUT2D eigenvalue weighted by atomic mass is 35.5. The summed E-state index contributed by atoms with van der Waals surface area (Å²) in [5.74, 6) is -0.579. The molecule has 1 N–H and O–H groups in total. The first-order valence-electron chi connectivity index (χ1n) is 8.48. The Balaban J connectivity index is 1.73. The van der Waals surface area contributed by atoms with Crippen LogP contribution in [0.25, 0.3) is 6.08 Å². The number of carbonyl (C=O) groups is 2. The largest absolute Gasteiger partial charge is 0.451 e. The van der Waals surface area contributed by atoms with Crippen LogP contribution in [0.5, 0.6) is 0 Å². The summed E-state index contributed by atoms with van der Waals surface area (Å²) in [5, 5.41) is 12.5. The Morgan fingerprint density at radius 3 is 2.50 bits per heavy atom. The molecule has 0 radical (unpaired) electrons. The fraction of sp³-hybridized carbons (Fsp3) is 0.190. The highest BCUT2D eigenvalue weighted by Crippen LogP contribution is 2.19. The zero-order valence-corrected chi connectivity index (χ0v) is 16.8. The Morgan fingerprint density at radius 1 is 1.18 bits per heavy atom. The van der Waals surface area contributed by atoms with E-state index in [1.54, 1.807) is 42.1 Å².